The van der Waals surface area contributed by atoms with Crippen molar-refractivity contribution >= 4 is 18.1 Å². The van der Waals surface area contributed by atoms with E-state index in [1.807, 2.05) is 19.2 Å². The van der Waals surface area contributed by atoms with Crippen LogP contribution in [0.5, 0.6) is 5.75 Å². The van der Waals surface area contributed by atoms with Gasteiger partial charge in [-0.25, -0.2) is 0 Å². The molecule has 0 atom stereocenters. The van der Waals surface area contributed by atoms with E-state index in [4.69, 9.17) is 4.74 Å². The molecule has 130 valence electrons. The number of pyridine rings is 1. The summed E-state index contributed by atoms with van der Waals surface area (Å²) in [5, 5.41) is 3.70. The summed E-state index contributed by atoms with van der Waals surface area (Å²) >= 11 is 0. The first-order valence-electron chi connectivity index (χ1n) is 9.04. The number of anilines is 1. The molecule has 2 saturated carbocycles. The fourth-order valence-electron chi connectivity index (χ4n) is 4.48. The molecule has 1 aromatic heterocycles. The molecule has 0 saturated heterocycles. The highest BCUT2D eigenvalue weighted by atomic mass is 35.5. The molecule has 3 nitrogen and oxygen atoms in total. The van der Waals surface area contributed by atoms with Crippen LogP contribution >= 0.6 is 12.4 Å². The summed E-state index contributed by atoms with van der Waals surface area (Å²) in [5.74, 6) is 2.91. The predicted molar refractivity (Wildman–Crippen MR) is 98.7 cm³/mol. The SMILES string of the molecule is COc1c(NC2CCC(C3CCCCC3)CC2)ccnc1C.Cl. The van der Waals surface area contributed by atoms with Gasteiger partial charge in [0.25, 0.3) is 0 Å². The second-order valence-corrected chi connectivity index (χ2v) is 7.13. The number of ether oxygens (including phenoxy) is 1. The van der Waals surface area contributed by atoms with E-state index in [-0.39, 0.29) is 12.4 Å². The standard InChI is InChI=1S/C19H30N2O.ClH/c1-14-19(22-2)18(12-13-20-14)21-17-10-8-16(9-11-17)15-6-4-3-5-7-15;/h12-13,15-17H,3-11H2,1-2H3,(H,20,21);1H. The number of nitrogens with one attached hydrogen (secondary N) is 1. The Balaban J connectivity index is 0.00000192. The van der Waals surface area contributed by atoms with Crippen LogP contribution in [0.25, 0.3) is 0 Å². The number of methoxy groups -OCH3 is 1. The van der Waals surface area contributed by atoms with Crippen LogP contribution in [-0.2, 0) is 0 Å². The van der Waals surface area contributed by atoms with Crippen molar-refractivity contribution in [2.45, 2.75) is 70.8 Å². The summed E-state index contributed by atoms with van der Waals surface area (Å²) in [6.45, 7) is 2.00. The summed E-state index contributed by atoms with van der Waals surface area (Å²) < 4.78 is 5.51. The van der Waals surface area contributed by atoms with Crippen molar-refractivity contribution in [1.82, 2.24) is 4.98 Å². The zero-order valence-electron chi connectivity index (χ0n) is 14.5. The van der Waals surface area contributed by atoms with Crippen LogP contribution in [0, 0.1) is 18.8 Å². The van der Waals surface area contributed by atoms with Gasteiger partial charge < -0.3 is 10.1 Å². The monoisotopic (exact) mass is 338 g/mol. The van der Waals surface area contributed by atoms with Crippen LogP contribution in [0.1, 0.15) is 63.5 Å². The van der Waals surface area contributed by atoms with Gasteiger partial charge in [0.1, 0.15) is 0 Å². The summed E-state index contributed by atoms with van der Waals surface area (Å²) in [4.78, 5) is 4.31. The molecule has 1 N–H and O–H groups in total. The van der Waals surface area contributed by atoms with E-state index in [1.54, 1.807) is 7.11 Å². The largest absolute Gasteiger partial charge is 0.493 e. The summed E-state index contributed by atoms with van der Waals surface area (Å²) in [6, 6.07) is 2.63. The minimum atomic E-state index is 0. The molecule has 0 bridgehead atoms. The van der Waals surface area contributed by atoms with Crippen molar-refractivity contribution in [3.05, 3.63) is 18.0 Å². The van der Waals surface area contributed by atoms with Crippen LogP contribution in [0.3, 0.4) is 0 Å². The lowest BCUT2D eigenvalue weighted by Gasteiger charge is -2.36. The minimum absolute atomic E-state index is 0. The summed E-state index contributed by atoms with van der Waals surface area (Å²) in [7, 11) is 1.73. The minimum Gasteiger partial charge on any atom is -0.493 e. The Labute approximate surface area is 147 Å². The first kappa shape index (κ1) is 18.4. The Morgan fingerprint density at radius 2 is 1.65 bits per heavy atom. The third kappa shape index (κ3) is 4.53. The smallest absolute Gasteiger partial charge is 0.163 e. The first-order valence-corrected chi connectivity index (χ1v) is 9.04. The molecular formula is C19H31ClN2O. The van der Waals surface area contributed by atoms with Gasteiger partial charge in [0.2, 0.25) is 0 Å². The fraction of sp³-hybridized carbons (Fsp3) is 0.737. The van der Waals surface area contributed by atoms with E-state index in [9.17, 15) is 0 Å². The topological polar surface area (TPSA) is 34.1 Å². The van der Waals surface area contributed by atoms with Crippen molar-refractivity contribution in [1.29, 1.82) is 0 Å². The zero-order chi connectivity index (χ0) is 15.4. The molecule has 3 rings (SSSR count). The van der Waals surface area contributed by atoms with Crippen LogP contribution in [-0.4, -0.2) is 18.1 Å². The van der Waals surface area contributed by atoms with Gasteiger partial charge in [0.05, 0.1) is 18.5 Å². The van der Waals surface area contributed by atoms with Crippen LogP contribution < -0.4 is 10.1 Å². The maximum absolute atomic E-state index is 5.51. The molecule has 0 amide bonds. The van der Waals surface area contributed by atoms with Gasteiger partial charge in [0.15, 0.2) is 5.75 Å². The van der Waals surface area contributed by atoms with Crippen LogP contribution in [0.15, 0.2) is 12.3 Å². The Kier molecular flexibility index (Phi) is 7.01. The number of hydrogen-bond donors (Lipinski definition) is 1. The molecule has 0 unspecified atom stereocenters. The average Bonchev–Trinajstić information content (AvgIpc) is 2.57. The van der Waals surface area contributed by atoms with Crippen molar-refractivity contribution in [3.8, 4) is 5.75 Å². The average molecular weight is 339 g/mol. The van der Waals surface area contributed by atoms with Crippen molar-refractivity contribution in [3.63, 3.8) is 0 Å². The van der Waals surface area contributed by atoms with Crippen molar-refractivity contribution in [2.24, 2.45) is 11.8 Å². The highest BCUT2D eigenvalue weighted by Crippen LogP contribution is 2.39. The number of halogens is 1. The third-order valence-corrected chi connectivity index (χ3v) is 5.73. The molecule has 1 aromatic rings. The molecule has 2 aliphatic rings. The molecule has 4 heteroatoms. The normalized spacial score (nSPS) is 25.5. The number of hydrogen-bond acceptors (Lipinski definition) is 3. The van der Waals surface area contributed by atoms with E-state index in [0.717, 1.165) is 29.0 Å². The molecule has 0 aliphatic heterocycles. The molecule has 23 heavy (non-hydrogen) atoms. The lowest BCUT2D eigenvalue weighted by molar-refractivity contribution is 0.190. The lowest BCUT2D eigenvalue weighted by Crippen LogP contribution is -2.30. The van der Waals surface area contributed by atoms with E-state index < -0.39 is 0 Å². The van der Waals surface area contributed by atoms with Gasteiger partial charge in [-0.2, -0.15) is 0 Å². The van der Waals surface area contributed by atoms with E-state index in [0.29, 0.717) is 6.04 Å². The Morgan fingerprint density at radius 3 is 2.30 bits per heavy atom. The van der Waals surface area contributed by atoms with Crippen LogP contribution in [0.2, 0.25) is 0 Å². The van der Waals surface area contributed by atoms with Gasteiger partial charge in [-0.05, 0) is 50.5 Å². The van der Waals surface area contributed by atoms with Gasteiger partial charge >= 0.3 is 0 Å². The molecule has 2 aliphatic carbocycles. The van der Waals surface area contributed by atoms with Gasteiger partial charge in [-0.15, -0.1) is 12.4 Å². The predicted octanol–water partition coefficient (Wildman–Crippen LogP) is 5.37. The molecule has 2 fully saturated rings. The Morgan fingerprint density at radius 1 is 1.00 bits per heavy atom. The highest BCUT2D eigenvalue weighted by molar-refractivity contribution is 5.85. The first-order chi connectivity index (χ1) is 10.8. The Hall–Kier alpha value is -0.960. The molecular weight excluding hydrogens is 308 g/mol. The number of aromatic nitrogens is 1. The van der Waals surface area contributed by atoms with E-state index >= 15 is 0 Å². The van der Waals surface area contributed by atoms with Crippen LogP contribution in [0.4, 0.5) is 5.69 Å². The number of aryl methyl sites for hydroxylation is 1. The number of nitrogens with zero attached hydrogens (tertiary/aromatic N) is 1. The second kappa shape index (κ2) is 8.77. The van der Waals surface area contributed by atoms with Gasteiger partial charge in [-0.1, -0.05) is 32.1 Å². The summed E-state index contributed by atoms with van der Waals surface area (Å²) in [6.07, 6.45) is 14.6. The third-order valence-electron chi connectivity index (χ3n) is 5.73. The maximum atomic E-state index is 5.51. The summed E-state index contributed by atoms with van der Waals surface area (Å²) in [5.41, 5.74) is 2.07. The van der Waals surface area contributed by atoms with Crippen molar-refractivity contribution in [2.75, 3.05) is 12.4 Å². The second-order valence-electron chi connectivity index (χ2n) is 7.13. The van der Waals surface area contributed by atoms with E-state index in [1.165, 1.54) is 57.8 Å². The molecule has 0 radical (unpaired) electrons. The highest BCUT2D eigenvalue weighted by Gasteiger charge is 2.28. The van der Waals surface area contributed by atoms with Gasteiger partial charge in [0, 0.05) is 12.2 Å². The zero-order valence-corrected chi connectivity index (χ0v) is 15.3. The van der Waals surface area contributed by atoms with Gasteiger partial charge in [-0.3, -0.25) is 4.98 Å². The van der Waals surface area contributed by atoms with E-state index in [2.05, 4.69) is 10.3 Å². The lowest BCUT2D eigenvalue weighted by atomic mass is 9.72. The molecule has 1 heterocycles. The fourth-order valence-corrected chi connectivity index (χ4v) is 4.48. The molecule has 0 spiro atoms. The Bertz CT molecular complexity index is 480. The number of rotatable bonds is 4. The maximum Gasteiger partial charge on any atom is 0.163 e. The van der Waals surface area contributed by atoms with Crippen molar-refractivity contribution < 1.29 is 4.74 Å². The quantitative estimate of drug-likeness (QED) is 0.801. The molecule has 0 aromatic carbocycles.